The van der Waals surface area contributed by atoms with Crippen molar-refractivity contribution in [2.24, 2.45) is 0 Å². The van der Waals surface area contributed by atoms with Gasteiger partial charge in [0.25, 0.3) is 0 Å². The van der Waals surface area contributed by atoms with Crippen LogP contribution in [0.4, 0.5) is 0 Å². The predicted octanol–water partition coefficient (Wildman–Crippen LogP) is 1.62. The van der Waals surface area contributed by atoms with Gasteiger partial charge in [-0.1, -0.05) is 13.3 Å². The lowest BCUT2D eigenvalue weighted by Gasteiger charge is -2.40. The fourth-order valence-electron chi connectivity index (χ4n) is 5.03. The third-order valence-corrected chi connectivity index (χ3v) is 6.85. The Bertz CT molecular complexity index is 1130. The van der Waals surface area contributed by atoms with Gasteiger partial charge in [-0.25, -0.2) is 0 Å². The summed E-state index contributed by atoms with van der Waals surface area (Å²) in [7, 11) is 1.48. The summed E-state index contributed by atoms with van der Waals surface area (Å²) in [6.45, 7) is 1.74. The Balaban J connectivity index is 1.79. The van der Waals surface area contributed by atoms with Gasteiger partial charge >= 0.3 is 0 Å². The number of benzene rings is 1. The maximum Gasteiger partial charge on any atom is 0.247 e. The zero-order valence-corrected chi connectivity index (χ0v) is 21.1. The number of nitrogens with zero attached hydrogens (tertiary/aromatic N) is 1. The maximum atomic E-state index is 13.3. The van der Waals surface area contributed by atoms with E-state index in [0.29, 0.717) is 41.0 Å². The third kappa shape index (κ3) is 5.36. The van der Waals surface area contributed by atoms with E-state index in [-0.39, 0.29) is 32.2 Å². The lowest BCUT2D eigenvalue weighted by molar-refractivity contribution is -0.138. The van der Waals surface area contributed by atoms with E-state index in [1.54, 1.807) is 35.4 Å². The first kappa shape index (κ1) is 26.7. The molecule has 37 heavy (non-hydrogen) atoms. The number of aliphatic hydroxyl groups excluding tert-OH is 3. The number of carbonyl (C=O) groups is 2. The Kier molecular flexibility index (Phi) is 8.52. The number of hydrogen-bond donors (Lipinski definition) is 4. The van der Waals surface area contributed by atoms with Crippen LogP contribution in [-0.2, 0) is 22.7 Å². The van der Waals surface area contributed by atoms with E-state index in [1.807, 2.05) is 6.92 Å². The normalized spacial score (nSPS) is 21.9. The minimum absolute atomic E-state index is 0.0443. The molecule has 2 aromatic rings. The van der Waals surface area contributed by atoms with Crippen LogP contribution in [0.15, 0.2) is 46.8 Å². The zero-order valence-electron chi connectivity index (χ0n) is 21.1. The van der Waals surface area contributed by atoms with Crippen LogP contribution in [0.25, 0.3) is 0 Å². The smallest absolute Gasteiger partial charge is 0.247 e. The highest BCUT2D eigenvalue weighted by molar-refractivity contribution is 5.96. The summed E-state index contributed by atoms with van der Waals surface area (Å²) in [4.78, 5) is 28.2. The van der Waals surface area contributed by atoms with Crippen LogP contribution < -0.4 is 14.8 Å². The number of aliphatic hydroxyl groups is 3. The molecule has 0 saturated carbocycles. The highest BCUT2D eigenvalue weighted by Crippen LogP contribution is 2.51. The van der Waals surface area contributed by atoms with Crippen molar-refractivity contribution in [2.45, 2.75) is 63.5 Å². The molecule has 1 aliphatic heterocycles. The molecule has 2 aliphatic rings. The molecule has 0 fully saturated rings. The van der Waals surface area contributed by atoms with Gasteiger partial charge in [-0.2, -0.15) is 0 Å². The largest absolute Gasteiger partial charge is 0.493 e. The highest BCUT2D eigenvalue weighted by Gasteiger charge is 2.51. The zero-order chi connectivity index (χ0) is 26.5. The Morgan fingerprint density at radius 2 is 2.03 bits per heavy atom. The molecule has 2 heterocycles. The van der Waals surface area contributed by atoms with E-state index in [9.17, 15) is 24.9 Å². The van der Waals surface area contributed by atoms with Crippen LogP contribution in [0.3, 0.4) is 0 Å². The van der Waals surface area contributed by atoms with Gasteiger partial charge in [0.1, 0.15) is 12.2 Å². The fraction of sp³-hybridized carbons (Fsp3) is 0.481. The molecule has 0 spiro atoms. The van der Waals surface area contributed by atoms with Crippen molar-refractivity contribution >= 4 is 11.8 Å². The lowest BCUT2D eigenvalue weighted by atomic mass is 9.77. The Morgan fingerprint density at radius 3 is 2.68 bits per heavy atom. The molecule has 0 saturated heterocycles. The predicted molar refractivity (Wildman–Crippen MR) is 133 cm³/mol. The minimum atomic E-state index is -1.16. The van der Waals surface area contributed by atoms with Gasteiger partial charge in [-0.05, 0) is 36.3 Å². The first-order valence-corrected chi connectivity index (χ1v) is 12.5. The summed E-state index contributed by atoms with van der Waals surface area (Å²) in [5.41, 5.74) is 2.24. The van der Waals surface area contributed by atoms with Crippen LogP contribution in [-0.4, -0.2) is 70.5 Å². The van der Waals surface area contributed by atoms with Crippen LogP contribution in [0.5, 0.6) is 11.5 Å². The van der Waals surface area contributed by atoms with Crippen LogP contribution in [0, 0.1) is 0 Å². The van der Waals surface area contributed by atoms with E-state index in [0.717, 1.165) is 12.0 Å². The van der Waals surface area contributed by atoms with Gasteiger partial charge in [-0.3, -0.25) is 9.59 Å². The minimum Gasteiger partial charge on any atom is -0.493 e. The standard InChI is InChI=1S/C27H34N2O8/c1-3-4-5-22(32)29(13-16-6-9-36-15-16)20-12-19(27(34)28-7-8-30)23-18-10-17(14-31)11-21(35-2)25(18)37-26(23)24(20)33/h6,9-12,15,20,23-24,26,30-31,33H,3-5,7-8,13-14H2,1-2H3,(H,28,34). The second kappa shape index (κ2) is 11.8. The molecule has 4 N–H and O–H groups in total. The van der Waals surface area contributed by atoms with E-state index in [4.69, 9.17) is 13.9 Å². The number of ether oxygens (including phenoxy) is 2. The number of fused-ring (bicyclic) bond motifs is 3. The number of carbonyl (C=O) groups excluding carboxylic acids is 2. The molecule has 4 unspecified atom stereocenters. The molecule has 1 aromatic carbocycles. The number of furan rings is 1. The molecule has 0 radical (unpaired) electrons. The number of hydrogen-bond acceptors (Lipinski definition) is 8. The van der Waals surface area contributed by atoms with E-state index in [2.05, 4.69) is 5.32 Å². The second-order valence-corrected chi connectivity index (χ2v) is 9.27. The van der Waals surface area contributed by atoms with E-state index >= 15 is 0 Å². The Morgan fingerprint density at radius 1 is 1.22 bits per heavy atom. The van der Waals surface area contributed by atoms with Gasteiger partial charge in [0.15, 0.2) is 11.5 Å². The molecule has 2 amide bonds. The average Bonchev–Trinajstić information content (AvgIpc) is 3.57. The lowest BCUT2D eigenvalue weighted by Crippen LogP contribution is -2.55. The molecule has 200 valence electrons. The molecular formula is C27H34N2O8. The van der Waals surface area contributed by atoms with Crippen LogP contribution in [0.2, 0.25) is 0 Å². The van der Waals surface area contributed by atoms with E-state index < -0.39 is 30.1 Å². The summed E-state index contributed by atoms with van der Waals surface area (Å²) in [5.74, 6) is -0.498. The monoisotopic (exact) mass is 514 g/mol. The maximum absolute atomic E-state index is 13.3. The molecule has 10 heteroatoms. The van der Waals surface area contributed by atoms with Gasteiger partial charge in [0.05, 0.1) is 44.8 Å². The number of methoxy groups -OCH3 is 1. The second-order valence-electron chi connectivity index (χ2n) is 9.27. The molecule has 10 nitrogen and oxygen atoms in total. The topological polar surface area (TPSA) is 142 Å². The summed E-state index contributed by atoms with van der Waals surface area (Å²) in [6, 6.07) is 4.28. The van der Waals surface area contributed by atoms with Gasteiger partial charge in [0, 0.05) is 36.2 Å². The SMILES string of the molecule is CCCCC(=O)N(Cc1ccoc1)C1C=C(C(=O)NCCO)C2c3cc(CO)cc(OC)c3OC2C1O. The molecule has 1 aromatic heterocycles. The van der Waals surface area contributed by atoms with Crippen molar-refractivity contribution in [3.63, 3.8) is 0 Å². The number of unbranched alkanes of at least 4 members (excludes halogenated alkanes) is 1. The van der Waals surface area contributed by atoms with Crippen molar-refractivity contribution in [2.75, 3.05) is 20.3 Å². The molecule has 1 aliphatic carbocycles. The quantitative estimate of drug-likeness (QED) is 0.355. The number of rotatable bonds is 11. The molecule has 4 rings (SSSR count). The summed E-state index contributed by atoms with van der Waals surface area (Å²) < 4.78 is 16.9. The summed E-state index contributed by atoms with van der Waals surface area (Å²) in [6.07, 6.45) is 4.45. The molecule has 4 atom stereocenters. The van der Waals surface area contributed by atoms with Gasteiger partial charge in [-0.15, -0.1) is 0 Å². The summed E-state index contributed by atoms with van der Waals surface area (Å²) in [5, 5.41) is 33.3. The Labute approximate surface area is 215 Å². The summed E-state index contributed by atoms with van der Waals surface area (Å²) >= 11 is 0. The van der Waals surface area contributed by atoms with E-state index in [1.165, 1.54) is 13.4 Å². The average molecular weight is 515 g/mol. The third-order valence-electron chi connectivity index (χ3n) is 6.85. The Hall–Kier alpha value is -3.34. The molecule has 0 bridgehead atoms. The molecular weight excluding hydrogens is 480 g/mol. The number of nitrogens with one attached hydrogen (secondary N) is 1. The van der Waals surface area contributed by atoms with Gasteiger partial charge < -0.3 is 39.4 Å². The van der Waals surface area contributed by atoms with Crippen molar-refractivity contribution in [3.8, 4) is 11.5 Å². The van der Waals surface area contributed by atoms with Crippen molar-refractivity contribution < 1.29 is 38.8 Å². The van der Waals surface area contributed by atoms with Crippen LogP contribution >= 0.6 is 0 Å². The highest BCUT2D eigenvalue weighted by atomic mass is 16.5. The van der Waals surface area contributed by atoms with Crippen LogP contribution in [0.1, 0.15) is 48.8 Å². The fourth-order valence-corrected chi connectivity index (χ4v) is 5.03. The van der Waals surface area contributed by atoms with Crippen molar-refractivity contribution in [1.82, 2.24) is 10.2 Å². The van der Waals surface area contributed by atoms with Crippen molar-refractivity contribution in [1.29, 1.82) is 0 Å². The number of amides is 2. The van der Waals surface area contributed by atoms with Crippen molar-refractivity contribution in [3.05, 3.63) is 59.1 Å². The van der Waals surface area contributed by atoms with Gasteiger partial charge in [0.2, 0.25) is 11.8 Å². The first-order chi connectivity index (χ1) is 17.9. The first-order valence-electron chi connectivity index (χ1n) is 12.5.